The number of hydrogen-bond acceptors (Lipinski definition) is 3. The number of halogens is 1. The van der Waals surface area contributed by atoms with Gasteiger partial charge in [0.2, 0.25) is 0 Å². The Morgan fingerprint density at radius 2 is 1.83 bits per heavy atom. The molecule has 6 heteroatoms. The third kappa shape index (κ3) is 5.38. The summed E-state index contributed by atoms with van der Waals surface area (Å²) in [6.07, 6.45) is 13.5. The van der Waals surface area contributed by atoms with Crippen molar-refractivity contribution in [3.63, 3.8) is 0 Å². The molecule has 206 valence electrons. The van der Waals surface area contributed by atoms with Gasteiger partial charge in [0.05, 0.1) is 23.1 Å². The van der Waals surface area contributed by atoms with E-state index >= 15 is 0 Å². The molecular weight excluding hydrogens is 509 g/mol. The first kappa shape index (κ1) is 26.5. The van der Waals surface area contributed by atoms with Crippen molar-refractivity contribution in [2.24, 2.45) is 5.92 Å². The lowest BCUT2D eigenvalue weighted by molar-refractivity contribution is 0.405. The van der Waals surface area contributed by atoms with Crippen molar-refractivity contribution in [3.8, 4) is 22.5 Å². The summed E-state index contributed by atoms with van der Waals surface area (Å²) < 4.78 is 14.8. The van der Waals surface area contributed by atoms with E-state index in [4.69, 9.17) is 0 Å². The average Bonchev–Trinajstić information content (AvgIpc) is 3.59. The number of aromatic nitrogens is 4. The van der Waals surface area contributed by atoms with Crippen LogP contribution in [0.3, 0.4) is 0 Å². The molecule has 0 unspecified atom stereocenters. The van der Waals surface area contributed by atoms with Crippen LogP contribution in [0.4, 0.5) is 10.1 Å². The summed E-state index contributed by atoms with van der Waals surface area (Å²) in [5.74, 6) is 0.247. The average molecular weight is 544 g/mol. The number of nitrogens with zero attached hydrogens (tertiary/aromatic N) is 2. The highest BCUT2D eigenvalue weighted by Crippen LogP contribution is 2.36. The molecule has 1 aliphatic carbocycles. The lowest BCUT2D eigenvalue weighted by Crippen LogP contribution is -2.14. The van der Waals surface area contributed by atoms with Gasteiger partial charge >= 0.3 is 0 Å². The van der Waals surface area contributed by atoms with Crippen LogP contribution >= 0.6 is 0 Å². The highest BCUT2D eigenvalue weighted by molar-refractivity contribution is 5.96. The topological polar surface area (TPSA) is 69.4 Å². The Labute approximate surface area is 239 Å². The largest absolute Gasteiger partial charge is 0.358 e. The van der Waals surface area contributed by atoms with Crippen molar-refractivity contribution in [2.45, 2.75) is 39.0 Å². The van der Waals surface area contributed by atoms with E-state index in [2.05, 4.69) is 56.8 Å². The van der Waals surface area contributed by atoms with Crippen LogP contribution < -0.4 is 5.32 Å². The molecule has 0 bridgehead atoms. The van der Waals surface area contributed by atoms with E-state index in [9.17, 15) is 4.39 Å². The van der Waals surface area contributed by atoms with Crippen LogP contribution in [-0.4, -0.2) is 20.2 Å². The zero-order valence-corrected chi connectivity index (χ0v) is 23.3. The molecule has 5 nitrogen and oxygen atoms in total. The van der Waals surface area contributed by atoms with Crippen LogP contribution in [0.2, 0.25) is 0 Å². The molecule has 1 aliphatic rings. The van der Waals surface area contributed by atoms with Gasteiger partial charge in [-0.25, -0.2) is 4.39 Å². The minimum atomic E-state index is -0.273. The number of fused-ring (bicyclic) bond motifs is 1. The summed E-state index contributed by atoms with van der Waals surface area (Å²) in [6.45, 7) is 10.2. The van der Waals surface area contributed by atoms with E-state index in [0.29, 0.717) is 11.5 Å². The van der Waals surface area contributed by atoms with Crippen LogP contribution in [-0.2, 0) is 0 Å². The predicted octanol–water partition coefficient (Wildman–Crippen LogP) is 9.19. The smallest absolute Gasteiger partial charge is 0.131 e. The van der Waals surface area contributed by atoms with Crippen molar-refractivity contribution < 1.29 is 4.39 Å². The summed E-state index contributed by atoms with van der Waals surface area (Å²) >= 11 is 0. The van der Waals surface area contributed by atoms with Gasteiger partial charge in [-0.2, -0.15) is 5.10 Å². The third-order valence-corrected chi connectivity index (χ3v) is 8.05. The number of H-pyrrole nitrogens is 2. The Kier molecular flexibility index (Phi) is 7.38. The van der Waals surface area contributed by atoms with Gasteiger partial charge in [0.25, 0.3) is 0 Å². The van der Waals surface area contributed by atoms with Gasteiger partial charge in [-0.3, -0.25) is 10.1 Å². The van der Waals surface area contributed by atoms with Gasteiger partial charge in [0.15, 0.2) is 0 Å². The molecule has 0 atom stereocenters. The van der Waals surface area contributed by atoms with Crippen LogP contribution in [0.1, 0.15) is 48.9 Å². The van der Waals surface area contributed by atoms with E-state index in [1.807, 2.05) is 43.6 Å². The van der Waals surface area contributed by atoms with Crippen LogP contribution in [0.25, 0.3) is 39.0 Å². The Morgan fingerprint density at radius 3 is 2.63 bits per heavy atom. The molecule has 0 aliphatic heterocycles. The summed E-state index contributed by atoms with van der Waals surface area (Å²) in [7, 11) is 0. The highest BCUT2D eigenvalue weighted by Gasteiger charge is 2.19. The van der Waals surface area contributed by atoms with Crippen molar-refractivity contribution in [3.05, 3.63) is 121 Å². The number of aryl methyl sites for hydroxylation is 1. The van der Waals surface area contributed by atoms with E-state index in [1.54, 1.807) is 18.2 Å². The van der Waals surface area contributed by atoms with E-state index in [1.165, 1.54) is 38.2 Å². The van der Waals surface area contributed by atoms with Gasteiger partial charge in [0, 0.05) is 39.7 Å². The second-order valence-corrected chi connectivity index (χ2v) is 10.8. The fourth-order valence-corrected chi connectivity index (χ4v) is 5.89. The maximum Gasteiger partial charge on any atom is 0.131 e. The van der Waals surface area contributed by atoms with E-state index < -0.39 is 0 Å². The lowest BCUT2D eigenvalue weighted by atomic mass is 9.87. The SMILES string of the molecule is C=C/C=C(/c1ccccc1F)c1cc(-c2n[nH]c3ccc(-c4cncc(NC(=C)C5CCCCC5)c4)cc23)[nH]c1C. The number of rotatable bonds is 8. The fraction of sp³-hybridized carbons (Fsp3) is 0.200. The number of hydrogen-bond donors (Lipinski definition) is 3. The van der Waals surface area contributed by atoms with Crippen molar-refractivity contribution >= 4 is 22.2 Å². The zero-order chi connectivity index (χ0) is 28.3. The molecular formula is C35H34FN5. The summed E-state index contributed by atoms with van der Waals surface area (Å²) in [5, 5.41) is 12.3. The molecule has 0 radical (unpaired) electrons. The fourth-order valence-electron chi connectivity index (χ4n) is 5.89. The maximum absolute atomic E-state index is 14.8. The molecule has 2 aromatic carbocycles. The molecule has 5 aromatic rings. The summed E-state index contributed by atoms with van der Waals surface area (Å²) in [4.78, 5) is 7.99. The minimum absolute atomic E-state index is 0.273. The van der Waals surface area contributed by atoms with Crippen molar-refractivity contribution in [1.29, 1.82) is 0 Å². The molecule has 41 heavy (non-hydrogen) atoms. The third-order valence-electron chi connectivity index (χ3n) is 8.05. The first-order valence-corrected chi connectivity index (χ1v) is 14.2. The zero-order valence-electron chi connectivity index (χ0n) is 23.3. The normalized spacial score (nSPS) is 14.3. The molecule has 6 rings (SSSR count). The van der Waals surface area contributed by atoms with Gasteiger partial charge in [-0.05, 0) is 67.2 Å². The molecule has 1 saturated carbocycles. The highest BCUT2D eigenvalue weighted by atomic mass is 19.1. The van der Waals surface area contributed by atoms with E-state index in [-0.39, 0.29) is 5.82 Å². The van der Waals surface area contributed by atoms with Crippen LogP contribution in [0.5, 0.6) is 0 Å². The Morgan fingerprint density at radius 1 is 1.00 bits per heavy atom. The molecule has 3 aromatic heterocycles. The molecule has 0 saturated heterocycles. The second kappa shape index (κ2) is 11.4. The van der Waals surface area contributed by atoms with Crippen molar-refractivity contribution in [2.75, 3.05) is 5.32 Å². The predicted molar refractivity (Wildman–Crippen MR) is 167 cm³/mol. The molecule has 0 amide bonds. The Hall–Kier alpha value is -4.71. The molecule has 3 heterocycles. The second-order valence-electron chi connectivity index (χ2n) is 10.8. The molecule has 1 fully saturated rings. The lowest BCUT2D eigenvalue weighted by Gasteiger charge is -2.24. The van der Waals surface area contributed by atoms with Gasteiger partial charge in [-0.15, -0.1) is 0 Å². The monoisotopic (exact) mass is 543 g/mol. The van der Waals surface area contributed by atoms with Crippen LogP contribution in [0, 0.1) is 18.7 Å². The van der Waals surface area contributed by atoms with Crippen molar-refractivity contribution in [1.82, 2.24) is 20.2 Å². The summed E-state index contributed by atoms with van der Waals surface area (Å²) in [5.41, 5.74) is 9.79. The first-order chi connectivity index (χ1) is 20.0. The summed E-state index contributed by atoms with van der Waals surface area (Å²) in [6, 6.07) is 17.2. The van der Waals surface area contributed by atoms with E-state index in [0.717, 1.165) is 61.6 Å². The number of benzene rings is 2. The first-order valence-electron chi connectivity index (χ1n) is 14.2. The Bertz CT molecular complexity index is 1770. The van der Waals surface area contributed by atoms with Gasteiger partial charge < -0.3 is 10.3 Å². The molecule has 0 spiro atoms. The number of allylic oxidation sites excluding steroid dienone is 3. The number of anilines is 1. The standard InChI is InChI=1S/C35H34FN5/c1-4-10-28(29-13-8-9-14-32(29)36)30-19-34(39-23(30)3)35-31-18-25(15-16-33(31)40-41-35)26-17-27(21-37-20-26)38-22(2)24-11-6-5-7-12-24/h4,8-10,13-21,24,38-39H,1-2,5-7,11-12H2,3H3,(H,40,41)/b28-10-. The van der Waals surface area contributed by atoms with Gasteiger partial charge in [0.1, 0.15) is 11.5 Å². The minimum Gasteiger partial charge on any atom is -0.358 e. The number of pyridine rings is 1. The van der Waals surface area contributed by atoms with Crippen LogP contribution in [0.15, 0.2) is 98.0 Å². The Balaban J connectivity index is 1.33. The maximum atomic E-state index is 14.8. The van der Waals surface area contributed by atoms with Gasteiger partial charge in [-0.1, -0.05) is 68.8 Å². The quantitative estimate of drug-likeness (QED) is 0.171. The number of nitrogens with one attached hydrogen (secondary N) is 3. The number of aromatic amines is 2. The molecule has 3 N–H and O–H groups in total.